The molecule has 0 radical (unpaired) electrons. The summed E-state index contributed by atoms with van der Waals surface area (Å²) in [6, 6.07) is 7.83. The number of carbonyl (C=O) groups is 3. The Morgan fingerprint density at radius 1 is 0.821 bits per heavy atom. The van der Waals surface area contributed by atoms with Gasteiger partial charge in [0, 0.05) is 44.4 Å². The molecule has 2 fully saturated rings. The highest BCUT2D eigenvalue weighted by atomic mass is 19.4. The maximum atomic E-state index is 12.6. The van der Waals surface area contributed by atoms with E-state index in [0.717, 1.165) is 39.1 Å². The molecule has 9 nitrogen and oxygen atoms in total. The molecule has 4 rings (SSSR count). The lowest BCUT2D eigenvalue weighted by Gasteiger charge is -2.39. The zero-order chi connectivity index (χ0) is 29.3. The maximum Gasteiger partial charge on any atom is 0.490 e. The van der Waals surface area contributed by atoms with Crippen LogP contribution in [0, 0.1) is 5.41 Å². The van der Waals surface area contributed by atoms with Gasteiger partial charge < -0.3 is 15.1 Å². The molecule has 2 aliphatic rings. The molecule has 0 aliphatic carbocycles. The molecular weight excluding hydrogens is 538 g/mol. The van der Waals surface area contributed by atoms with Gasteiger partial charge in [-0.1, -0.05) is 6.07 Å². The van der Waals surface area contributed by atoms with Crippen LogP contribution in [0.3, 0.4) is 0 Å². The largest absolute Gasteiger partial charge is 0.490 e. The van der Waals surface area contributed by atoms with Crippen LogP contribution < -0.4 is 0 Å². The fourth-order valence-corrected chi connectivity index (χ4v) is 4.12. The quantitative estimate of drug-likeness (QED) is 0.539. The number of aromatic nitrogens is 2. The molecular formula is C24H26F6N4O5. The number of rotatable bonds is 3. The van der Waals surface area contributed by atoms with Crippen molar-refractivity contribution in [1.29, 1.82) is 0 Å². The standard InChI is InChI=1S/C20H24N4O.2C2HF3O2/c25-19(18-4-2-9-22-14-18)24-12-7-20(16-24)5-10-23(11-6-20)15-17-3-1-8-21-13-17;2*3-2(4,5)1(6)7/h1-4,8-9,13-14H,5-7,10-12,15-16H2;2*(H,6,7). The zero-order valence-corrected chi connectivity index (χ0v) is 20.5. The average Bonchev–Trinajstić information content (AvgIpc) is 3.29. The van der Waals surface area contributed by atoms with Crippen LogP contribution in [0.5, 0.6) is 0 Å². The number of carbonyl (C=O) groups excluding carboxylic acids is 1. The summed E-state index contributed by atoms with van der Waals surface area (Å²) in [4.78, 5) is 43.2. The van der Waals surface area contributed by atoms with E-state index in [1.54, 1.807) is 12.4 Å². The van der Waals surface area contributed by atoms with Crippen molar-refractivity contribution in [3.05, 3.63) is 60.2 Å². The van der Waals surface area contributed by atoms with Gasteiger partial charge in [0.25, 0.3) is 5.91 Å². The van der Waals surface area contributed by atoms with Crippen molar-refractivity contribution >= 4 is 17.8 Å². The van der Waals surface area contributed by atoms with Gasteiger partial charge in [0.05, 0.1) is 5.56 Å². The van der Waals surface area contributed by atoms with Crippen LogP contribution in [0.2, 0.25) is 0 Å². The molecule has 2 aromatic heterocycles. The normalized spacial score (nSPS) is 16.9. The second-order valence-electron chi connectivity index (χ2n) is 8.96. The number of hydrogen-bond acceptors (Lipinski definition) is 6. The molecule has 0 atom stereocenters. The lowest BCUT2D eigenvalue weighted by Crippen LogP contribution is -2.42. The van der Waals surface area contributed by atoms with Crippen molar-refractivity contribution in [2.75, 3.05) is 26.2 Å². The molecule has 0 unspecified atom stereocenters. The number of pyridine rings is 2. The smallest absolute Gasteiger partial charge is 0.475 e. The molecule has 1 spiro atoms. The Labute approximate surface area is 219 Å². The Morgan fingerprint density at radius 2 is 1.31 bits per heavy atom. The van der Waals surface area contributed by atoms with E-state index in [1.165, 1.54) is 18.4 Å². The van der Waals surface area contributed by atoms with Crippen LogP contribution in [-0.2, 0) is 16.1 Å². The van der Waals surface area contributed by atoms with E-state index in [1.807, 2.05) is 35.5 Å². The lowest BCUT2D eigenvalue weighted by molar-refractivity contribution is -0.193. The Morgan fingerprint density at radius 3 is 1.74 bits per heavy atom. The number of piperidine rings is 1. The number of hydrogen-bond donors (Lipinski definition) is 2. The average molecular weight is 564 g/mol. The molecule has 0 saturated carbocycles. The third kappa shape index (κ3) is 10.1. The van der Waals surface area contributed by atoms with E-state index in [4.69, 9.17) is 19.8 Å². The summed E-state index contributed by atoms with van der Waals surface area (Å²) >= 11 is 0. The monoisotopic (exact) mass is 564 g/mol. The number of carboxylic acid groups (broad SMARTS) is 2. The van der Waals surface area contributed by atoms with Gasteiger partial charge >= 0.3 is 24.3 Å². The third-order valence-corrected chi connectivity index (χ3v) is 6.16. The number of alkyl halides is 6. The van der Waals surface area contributed by atoms with Crippen LogP contribution in [0.25, 0.3) is 0 Å². The summed E-state index contributed by atoms with van der Waals surface area (Å²) < 4.78 is 63.5. The molecule has 1 amide bonds. The number of likely N-dealkylation sites (tertiary alicyclic amines) is 2. The first-order chi connectivity index (χ1) is 18.1. The zero-order valence-electron chi connectivity index (χ0n) is 20.5. The number of halogens is 6. The molecule has 4 heterocycles. The van der Waals surface area contributed by atoms with Gasteiger partial charge in [0.2, 0.25) is 0 Å². The van der Waals surface area contributed by atoms with Gasteiger partial charge in [-0.25, -0.2) is 9.59 Å². The summed E-state index contributed by atoms with van der Waals surface area (Å²) in [6.07, 6.45) is 0.452. The van der Waals surface area contributed by atoms with Crippen LogP contribution in [0.15, 0.2) is 49.1 Å². The van der Waals surface area contributed by atoms with E-state index < -0.39 is 24.3 Å². The Kier molecular flexibility index (Phi) is 10.8. The minimum Gasteiger partial charge on any atom is -0.475 e. The molecule has 2 saturated heterocycles. The lowest BCUT2D eigenvalue weighted by atomic mass is 9.77. The highest BCUT2D eigenvalue weighted by Gasteiger charge is 2.42. The van der Waals surface area contributed by atoms with Crippen molar-refractivity contribution in [2.24, 2.45) is 5.41 Å². The second-order valence-corrected chi connectivity index (χ2v) is 8.96. The van der Waals surface area contributed by atoms with E-state index in [-0.39, 0.29) is 5.91 Å². The molecule has 39 heavy (non-hydrogen) atoms. The van der Waals surface area contributed by atoms with Crippen molar-refractivity contribution in [1.82, 2.24) is 19.8 Å². The predicted octanol–water partition coefficient (Wildman–Crippen LogP) is 3.87. The van der Waals surface area contributed by atoms with Gasteiger partial charge in [0.15, 0.2) is 0 Å². The summed E-state index contributed by atoms with van der Waals surface area (Å²) in [5.74, 6) is -5.39. The maximum absolute atomic E-state index is 12.6. The fraction of sp³-hybridized carbons (Fsp3) is 0.458. The van der Waals surface area contributed by atoms with Gasteiger partial charge in [0.1, 0.15) is 0 Å². The van der Waals surface area contributed by atoms with Crippen LogP contribution >= 0.6 is 0 Å². The summed E-state index contributed by atoms with van der Waals surface area (Å²) in [5, 5.41) is 14.2. The van der Waals surface area contributed by atoms with E-state index in [9.17, 15) is 31.1 Å². The first-order valence-corrected chi connectivity index (χ1v) is 11.5. The third-order valence-electron chi connectivity index (χ3n) is 6.16. The topological polar surface area (TPSA) is 124 Å². The number of aliphatic carboxylic acids is 2. The summed E-state index contributed by atoms with van der Waals surface area (Å²) in [5.41, 5.74) is 2.29. The van der Waals surface area contributed by atoms with E-state index >= 15 is 0 Å². The SMILES string of the molecule is O=C(O)C(F)(F)F.O=C(O)C(F)(F)F.O=C(c1cccnc1)N1CCC2(CCN(Cc3cccnc3)CC2)C1. The highest BCUT2D eigenvalue weighted by molar-refractivity contribution is 5.94. The van der Waals surface area contributed by atoms with Crippen molar-refractivity contribution < 1.29 is 50.9 Å². The van der Waals surface area contributed by atoms with Crippen LogP contribution in [0.1, 0.15) is 35.2 Å². The van der Waals surface area contributed by atoms with Crippen molar-refractivity contribution in [2.45, 2.75) is 38.2 Å². The number of nitrogens with zero attached hydrogens (tertiary/aromatic N) is 4. The molecule has 15 heteroatoms. The van der Waals surface area contributed by atoms with Crippen molar-refractivity contribution in [3.8, 4) is 0 Å². The minimum atomic E-state index is -5.08. The second kappa shape index (κ2) is 13.4. The van der Waals surface area contributed by atoms with E-state index in [0.29, 0.717) is 11.0 Å². The van der Waals surface area contributed by atoms with Gasteiger partial charge in [-0.2, -0.15) is 26.3 Å². The van der Waals surface area contributed by atoms with Crippen molar-refractivity contribution in [3.63, 3.8) is 0 Å². The first kappa shape index (κ1) is 31.5. The summed E-state index contributed by atoms with van der Waals surface area (Å²) in [6.45, 7) is 4.94. The molecule has 0 aromatic carbocycles. The molecule has 0 bridgehead atoms. The van der Waals surface area contributed by atoms with E-state index in [2.05, 4.69) is 20.9 Å². The molecule has 2 aromatic rings. The van der Waals surface area contributed by atoms with Crippen LogP contribution in [0.4, 0.5) is 26.3 Å². The fourth-order valence-electron chi connectivity index (χ4n) is 4.12. The molecule has 2 aliphatic heterocycles. The Hall–Kier alpha value is -3.75. The number of amides is 1. The van der Waals surface area contributed by atoms with Gasteiger partial charge in [-0.3, -0.25) is 19.7 Å². The highest BCUT2D eigenvalue weighted by Crippen LogP contribution is 2.41. The summed E-state index contributed by atoms with van der Waals surface area (Å²) in [7, 11) is 0. The Bertz CT molecular complexity index is 1070. The molecule has 214 valence electrons. The minimum absolute atomic E-state index is 0.128. The number of carboxylic acids is 2. The van der Waals surface area contributed by atoms with Crippen LogP contribution in [-0.4, -0.2) is 86.4 Å². The predicted molar refractivity (Wildman–Crippen MR) is 123 cm³/mol. The first-order valence-electron chi connectivity index (χ1n) is 11.5. The van der Waals surface area contributed by atoms with Gasteiger partial charge in [-0.05, 0) is 61.5 Å². The Balaban J connectivity index is 0.000000317. The molecule has 2 N–H and O–H groups in total. The van der Waals surface area contributed by atoms with Gasteiger partial charge in [-0.15, -0.1) is 0 Å².